The van der Waals surface area contributed by atoms with E-state index in [1.54, 1.807) is 6.92 Å². The van der Waals surface area contributed by atoms with Crippen molar-refractivity contribution in [3.63, 3.8) is 0 Å². The van der Waals surface area contributed by atoms with Crippen molar-refractivity contribution < 1.29 is 14.5 Å². The van der Waals surface area contributed by atoms with Gasteiger partial charge >= 0.3 is 0 Å². The lowest BCUT2D eigenvalue weighted by atomic mass is 10.2. The first-order valence-corrected chi connectivity index (χ1v) is 10.1. The number of nitro groups is 1. The number of nitro benzene ring substituents is 1. The second-order valence-electron chi connectivity index (χ2n) is 6.31. The summed E-state index contributed by atoms with van der Waals surface area (Å²) in [7, 11) is 1.43. The van der Waals surface area contributed by atoms with Crippen LogP contribution in [0.5, 0.6) is 5.75 Å². The molecule has 0 aliphatic rings. The highest BCUT2D eigenvalue weighted by atomic mass is 32.2. The van der Waals surface area contributed by atoms with Gasteiger partial charge in [-0.1, -0.05) is 42.1 Å². The predicted molar refractivity (Wildman–Crippen MR) is 115 cm³/mol. The van der Waals surface area contributed by atoms with E-state index in [-0.39, 0.29) is 17.3 Å². The number of thioether (sulfide) groups is 1. The van der Waals surface area contributed by atoms with Crippen molar-refractivity contribution in [2.75, 3.05) is 12.4 Å². The number of anilines is 1. The Morgan fingerprint density at radius 1 is 1.27 bits per heavy atom. The number of aromatic nitrogens is 3. The molecule has 3 rings (SSSR count). The van der Waals surface area contributed by atoms with Gasteiger partial charge in [-0.2, -0.15) is 0 Å². The van der Waals surface area contributed by atoms with E-state index in [1.165, 1.54) is 37.1 Å². The largest absolute Gasteiger partial charge is 0.495 e. The Morgan fingerprint density at radius 2 is 2.00 bits per heavy atom. The Bertz CT molecular complexity index is 1050. The van der Waals surface area contributed by atoms with Crippen LogP contribution in [0.1, 0.15) is 13.8 Å². The molecule has 3 aromatic rings. The maximum atomic E-state index is 12.7. The molecule has 0 radical (unpaired) electrons. The van der Waals surface area contributed by atoms with E-state index in [1.807, 2.05) is 41.8 Å². The summed E-state index contributed by atoms with van der Waals surface area (Å²) in [6.07, 6.45) is 0. The topological polar surface area (TPSA) is 112 Å². The minimum atomic E-state index is -0.526. The lowest BCUT2D eigenvalue weighted by molar-refractivity contribution is -0.384. The van der Waals surface area contributed by atoms with E-state index in [0.717, 1.165) is 11.4 Å². The van der Waals surface area contributed by atoms with Gasteiger partial charge in [0.15, 0.2) is 11.0 Å². The number of carbonyl (C=O) groups is 1. The number of nitrogens with one attached hydrogen (secondary N) is 1. The van der Waals surface area contributed by atoms with Gasteiger partial charge in [0.05, 0.1) is 23.0 Å². The Balaban J connectivity index is 1.78. The van der Waals surface area contributed by atoms with Crippen LogP contribution in [0.3, 0.4) is 0 Å². The van der Waals surface area contributed by atoms with Gasteiger partial charge in [0, 0.05) is 24.2 Å². The van der Waals surface area contributed by atoms with Gasteiger partial charge in [0.2, 0.25) is 5.91 Å². The van der Waals surface area contributed by atoms with Gasteiger partial charge in [0.25, 0.3) is 5.69 Å². The highest BCUT2D eigenvalue weighted by molar-refractivity contribution is 8.00. The van der Waals surface area contributed by atoms with Crippen LogP contribution < -0.4 is 10.1 Å². The standard InChI is InChI=1S/C20H21N5O4S/c1-4-24-18(14-8-6-5-7-9-14)22-23-20(24)30-13(2)19(26)21-16-12-15(25(27)28)10-11-17(16)29-3/h5-13H,4H2,1-3H3,(H,21,26)/t13-/m1/s1. The van der Waals surface area contributed by atoms with Crippen molar-refractivity contribution in [2.24, 2.45) is 0 Å². The number of benzene rings is 2. The summed E-state index contributed by atoms with van der Waals surface area (Å²) >= 11 is 1.26. The molecule has 0 spiro atoms. The molecule has 1 aromatic heterocycles. The van der Waals surface area contributed by atoms with E-state index >= 15 is 0 Å². The number of rotatable bonds is 8. The van der Waals surface area contributed by atoms with Crippen molar-refractivity contribution in [1.29, 1.82) is 0 Å². The molecular weight excluding hydrogens is 406 g/mol. The van der Waals surface area contributed by atoms with Crippen molar-refractivity contribution in [3.05, 3.63) is 58.6 Å². The first kappa shape index (κ1) is 21.3. The molecule has 2 aromatic carbocycles. The Morgan fingerprint density at radius 3 is 2.63 bits per heavy atom. The molecule has 10 heteroatoms. The molecule has 156 valence electrons. The molecule has 1 N–H and O–H groups in total. The first-order chi connectivity index (χ1) is 14.4. The highest BCUT2D eigenvalue weighted by Gasteiger charge is 2.22. The zero-order valence-electron chi connectivity index (χ0n) is 16.7. The van der Waals surface area contributed by atoms with Crippen LogP contribution in [0, 0.1) is 10.1 Å². The number of ether oxygens (including phenoxy) is 1. The molecule has 30 heavy (non-hydrogen) atoms. The van der Waals surface area contributed by atoms with E-state index in [9.17, 15) is 14.9 Å². The van der Waals surface area contributed by atoms with Gasteiger partial charge in [-0.05, 0) is 19.9 Å². The predicted octanol–water partition coefficient (Wildman–Crippen LogP) is 4.00. The molecule has 9 nitrogen and oxygen atoms in total. The van der Waals surface area contributed by atoms with Crippen molar-refractivity contribution in [3.8, 4) is 17.1 Å². The minimum absolute atomic E-state index is 0.135. The second kappa shape index (κ2) is 9.40. The first-order valence-electron chi connectivity index (χ1n) is 9.23. The van der Waals surface area contributed by atoms with Gasteiger partial charge in [-0.15, -0.1) is 10.2 Å². The summed E-state index contributed by atoms with van der Waals surface area (Å²) < 4.78 is 7.14. The van der Waals surface area contributed by atoms with Gasteiger partial charge in [-0.25, -0.2) is 0 Å². The number of amides is 1. The summed E-state index contributed by atoms with van der Waals surface area (Å²) in [5.74, 6) is 0.744. The maximum Gasteiger partial charge on any atom is 0.271 e. The molecule has 0 bridgehead atoms. The maximum absolute atomic E-state index is 12.7. The number of carbonyl (C=O) groups excluding carboxylic acids is 1. The van der Waals surface area contributed by atoms with Gasteiger partial charge in [0.1, 0.15) is 5.75 Å². The quantitative estimate of drug-likeness (QED) is 0.328. The van der Waals surface area contributed by atoms with Crippen molar-refractivity contribution in [1.82, 2.24) is 14.8 Å². The van der Waals surface area contributed by atoms with Crippen LogP contribution in [0.4, 0.5) is 11.4 Å². The summed E-state index contributed by atoms with van der Waals surface area (Å²) in [5.41, 5.74) is 1.05. The smallest absolute Gasteiger partial charge is 0.271 e. The third-order valence-corrected chi connectivity index (χ3v) is 5.45. The van der Waals surface area contributed by atoms with Crippen molar-refractivity contribution in [2.45, 2.75) is 30.8 Å². The molecule has 0 unspecified atom stereocenters. The van der Waals surface area contributed by atoms with E-state index < -0.39 is 10.2 Å². The van der Waals surface area contributed by atoms with E-state index in [0.29, 0.717) is 17.5 Å². The summed E-state index contributed by atoms with van der Waals surface area (Å²) in [4.78, 5) is 23.2. The SMILES string of the molecule is CCn1c(S[C@H](C)C(=O)Nc2cc([N+](=O)[O-])ccc2OC)nnc1-c1ccccc1. The summed E-state index contributed by atoms with van der Waals surface area (Å²) in [6, 6.07) is 13.7. The molecule has 0 aliphatic heterocycles. The number of hydrogen-bond acceptors (Lipinski definition) is 7. The molecule has 0 aliphatic carbocycles. The fourth-order valence-electron chi connectivity index (χ4n) is 2.81. The Hall–Kier alpha value is -3.40. The van der Waals surface area contributed by atoms with E-state index in [4.69, 9.17) is 4.74 Å². The minimum Gasteiger partial charge on any atom is -0.495 e. The highest BCUT2D eigenvalue weighted by Crippen LogP contribution is 2.31. The zero-order chi connectivity index (χ0) is 21.7. The van der Waals surface area contributed by atoms with Crippen LogP contribution in [0.25, 0.3) is 11.4 Å². The molecule has 1 atom stereocenters. The molecule has 0 saturated carbocycles. The molecule has 0 fully saturated rings. The van der Waals surface area contributed by atoms with E-state index in [2.05, 4.69) is 15.5 Å². The van der Waals surface area contributed by atoms with Crippen LogP contribution >= 0.6 is 11.8 Å². The van der Waals surface area contributed by atoms with Crippen LogP contribution in [-0.4, -0.2) is 38.0 Å². The summed E-state index contributed by atoms with van der Waals surface area (Å²) in [6.45, 7) is 4.37. The zero-order valence-corrected chi connectivity index (χ0v) is 17.5. The fourth-order valence-corrected chi connectivity index (χ4v) is 3.73. The Kier molecular flexibility index (Phi) is 6.68. The number of methoxy groups -OCH3 is 1. The lowest BCUT2D eigenvalue weighted by Gasteiger charge is -2.14. The number of nitrogens with zero attached hydrogens (tertiary/aromatic N) is 4. The van der Waals surface area contributed by atoms with Crippen LogP contribution in [-0.2, 0) is 11.3 Å². The fraction of sp³-hybridized carbons (Fsp3) is 0.250. The molecular formula is C20H21N5O4S. The third kappa shape index (κ3) is 4.60. The monoisotopic (exact) mass is 427 g/mol. The Labute approximate surface area is 177 Å². The molecule has 1 heterocycles. The van der Waals surface area contributed by atoms with Gasteiger partial charge in [-0.3, -0.25) is 14.9 Å². The van der Waals surface area contributed by atoms with Crippen molar-refractivity contribution >= 4 is 29.0 Å². The number of non-ortho nitro benzene ring substituents is 1. The van der Waals surface area contributed by atoms with Gasteiger partial charge < -0.3 is 14.6 Å². The summed E-state index contributed by atoms with van der Waals surface area (Å²) in [5, 5.41) is 22.4. The number of hydrogen-bond donors (Lipinski definition) is 1. The average molecular weight is 427 g/mol. The third-order valence-electron chi connectivity index (χ3n) is 4.37. The molecule has 0 saturated heterocycles. The average Bonchev–Trinajstić information content (AvgIpc) is 3.16. The van der Waals surface area contributed by atoms with Crippen LogP contribution in [0.2, 0.25) is 0 Å². The van der Waals surface area contributed by atoms with Crippen LogP contribution in [0.15, 0.2) is 53.7 Å². The molecule has 1 amide bonds. The lowest BCUT2D eigenvalue weighted by Crippen LogP contribution is -2.23. The second-order valence-corrected chi connectivity index (χ2v) is 7.62. The normalized spacial score (nSPS) is 11.7.